The Bertz CT molecular complexity index is 188. The normalized spacial score (nSPS) is 14.1. The fraction of sp³-hybridized carbons (Fsp3) is 0.286. The van der Waals surface area contributed by atoms with E-state index in [1.54, 1.807) is 19.2 Å². The molecule has 0 amide bonds. The highest BCUT2D eigenvalue weighted by atomic mass is 16.5. The molecule has 0 bridgehead atoms. The number of pyridine rings is 1. The van der Waals surface area contributed by atoms with Crippen molar-refractivity contribution in [3.05, 3.63) is 24.4 Å². The molecule has 2 nitrogen and oxygen atoms in total. The summed E-state index contributed by atoms with van der Waals surface area (Å²) < 4.78 is 12.0. The molecule has 48 valence electrons. The summed E-state index contributed by atoms with van der Waals surface area (Å²) in [7, 11) is 0. The molecule has 1 unspecified atom stereocenters. The SMILES string of the molecule is [2H]C(C)Oc1ccccn1. The molecule has 0 aliphatic heterocycles. The lowest BCUT2D eigenvalue weighted by molar-refractivity contribution is 0.327. The molecule has 0 aliphatic rings. The Hall–Kier alpha value is -1.05. The van der Waals surface area contributed by atoms with Crippen molar-refractivity contribution in [1.29, 1.82) is 0 Å². The Morgan fingerprint density at radius 3 is 3.22 bits per heavy atom. The Balaban J connectivity index is 2.59. The Kier molecular flexibility index (Phi) is 1.64. The first-order valence-electron chi connectivity index (χ1n) is 3.37. The topological polar surface area (TPSA) is 22.1 Å². The second-order valence-corrected chi connectivity index (χ2v) is 1.52. The predicted molar refractivity (Wildman–Crippen MR) is 35.4 cm³/mol. The summed E-state index contributed by atoms with van der Waals surface area (Å²) in [6, 6.07) is 5.36. The summed E-state index contributed by atoms with van der Waals surface area (Å²) in [5, 5.41) is 0. The van der Waals surface area contributed by atoms with Gasteiger partial charge in [-0.3, -0.25) is 0 Å². The fourth-order valence-electron chi connectivity index (χ4n) is 0.538. The highest BCUT2D eigenvalue weighted by Crippen LogP contribution is 2.01. The molecule has 0 aliphatic carbocycles. The van der Waals surface area contributed by atoms with Crippen molar-refractivity contribution in [3.8, 4) is 5.88 Å². The van der Waals surface area contributed by atoms with Crippen molar-refractivity contribution in [3.63, 3.8) is 0 Å². The highest BCUT2D eigenvalue weighted by molar-refractivity contribution is 5.08. The number of hydrogen-bond acceptors (Lipinski definition) is 2. The van der Waals surface area contributed by atoms with E-state index in [2.05, 4.69) is 4.98 Å². The lowest BCUT2D eigenvalue weighted by Gasteiger charge is -1.97. The summed E-state index contributed by atoms with van der Waals surface area (Å²) >= 11 is 0. The number of hydrogen-bond donors (Lipinski definition) is 0. The maximum Gasteiger partial charge on any atom is 0.213 e. The van der Waals surface area contributed by atoms with E-state index in [1.807, 2.05) is 12.1 Å². The van der Waals surface area contributed by atoms with E-state index in [-0.39, 0.29) is 0 Å². The third kappa shape index (κ3) is 1.72. The molecule has 0 radical (unpaired) electrons. The molecular formula is C7H9NO. The molecule has 0 fully saturated rings. The van der Waals surface area contributed by atoms with Gasteiger partial charge in [-0.2, -0.15) is 0 Å². The molecule has 0 N–H and O–H groups in total. The quantitative estimate of drug-likeness (QED) is 0.595. The molecule has 1 aromatic rings. The number of nitrogens with zero attached hydrogens (tertiary/aromatic N) is 1. The number of aromatic nitrogens is 1. The van der Waals surface area contributed by atoms with Gasteiger partial charge in [-0.15, -0.1) is 0 Å². The molecular weight excluding hydrogens is 114 g/mol. The van der Waals surface area contributed by atoms with Crippen LogP contribution in [-0.4, -0.2) is 11.6 Å². The van der Waals surface area contributed by atoms with Gasteiger partial charge < -0.3 is 4.74 Å². The van der Waals surface area contributed by atoms with Gasteiger partial charge in [0.1, 0.15) is 0 Å². The van der Waals surface area contributed by atoms with Gasteiger partial charge in [0.25, 0.3) is 0 Å². The van der Waals surface area contributed by atoms with Crippen molar-refractivity contribution in [2.45, 2.75) is 6.92 Å². The zero-order valence-electron chi connectivity index (χ0n) is 6.24. The van der Waals surface area contributed by atoms with E-state index in [0.717, 1.165) is 0 Å². The zero-order valence-corrected chi connectivity index (χ0v) is 5.24. The van der Waals surface area contributed by atoms with Gasteiger partial charge in [0, 0.05) is 12.3 Å². The summed E-state index contributed by atoms with van der Waals surface area (Å²) in [4.78, 5) is 3.88. The number of ether oxygens (including phenoxy) is 1. The van der Waals surface area contributed by atoms with Crippen molar-refractivity contribution in [2.75, 3.05) is 6.58 Å². The second-order valence-electron chi connectivity index (χ2n) is 1.52. The summed E-state index contributed by atoms with van der Waals surface area (Å²) in [6.07, 6.45) is 1.64. The van der Waals surface area contributed by atoms with Crippen LogP contribution in [0.4, 0.5) is 0 Å². The summed E-state index contributed by atoms with van der Waals surface area (Å²) in [6.45, 7) is 1.10. The Morgan fingerprint density at radius 1 is 1.78 bits per heavy atom. The van der Waals surface area contributed by atoms with Crippen LogP contribution < -0.4 is 4.74 Å². The summed E-state index contributed by atoms with van der Waals surface area (Å²) in [5.74, 6) is 0.505. The van der Waals surface area contributed by atoms with Crippen LogP contribution in [-0.2, 0) is 0 Å². The molecule has 0 saturated carbocycles. The monoisotopic (exact) mass is 124 g/mol. The van der Waals surface area contributed by atoms with E-state index in [0.29, 0.717) is 5.88 Å². The molecule has 2 heteroatoms. The van der Waals surface area contributed by atoms with Crippen LogP contribution in [0, 0.1) is 0 Å². The third-order valence-electron chi connectivity index (χ3n) is 0.876. The van der Waals surface area contributed by atoms with Crippen molar-refractivity contribution >= 4 is 0 Å². The lowest BCUT2D eigenvalue weighted by Crippen LogP contribution is -1.92. The van der Waals surface area contributed by atoms with Crippen LogP contribution in [0.15, 0.2) is 24.4 Å². The van der Waals surface area contributed by atoms with Crippen LogP contribution in [0.1, 0.15) is 8.29 Å². The molecule has 9 heavy (non-hydrogen) atoms. The van der Waals surface area contributed by atoms with E-state index in [9.17, 15) is 0 Å². The van der Waals surface area contributed by atoms with Gasteiger partial charge in [-0.05, 0) is 13.0 Å². The molecule has 0 aromatic carbocycles. The maximum absolute atomic E-state index is 7.05. The maximum atomic E-state index is 7.05. The highest BCUT2D eigenvalue weighted by Gasteiger charge is 1.85. The minimum Gasteiger partial charge on any atom is -0.478 e. The molecule has 1 heterocycles. The molecule has 0 spiro atoms. The van der Waals surface area contributed by atoms with Gasteiger partial charge in [0.05, 0.1) is 7.95 Å². The fourth-order valence-corrected chi connectivity index (χ4v) is 0.538. The van der Waals surface area contributed by atoms with Crippen LogP contribution in [0.2, 0.25) is 0 Å². The van der Waals surface area contributed by atoms with Crippen molar-refractivity contribution in [2.24, 2.45) is 0 Å². The van der Waals surface area contributed by atoms with Crippen molar-refractivity contribution < 1.29 is 6.11 Å². The lowest BCUT2D eigenvalue weighted by atomic mass is 10.5. The van der Waals surface area contributed by atoms with Crippen LogP contribution >= 0.6 is 0 Å². The average molecular weight is 124 g/mol. The van der Waals surface area contributed by atoms with E-state index < -0.39 is 6.58 Å². The van der Waals surface area contributed by atoms with E-state index in [1.165, 1.54) is 0 Å². The predicted octanol–water partition coefficient (Wildman–Crippen LogP) is 1.48. The molecule has 1 aromatic heterocycles. The van der Waals surface area contributed by atoms with Crippen LogP contribution in [0.5, 0.6) is 5.88 Å². The first kappa shape index (κ1) is 4.79. The molecule has 1 atom stereocenters. The van der Waals surface area contributed by atoms with Crippen molar-refractivity contribution in [1.82, 2.24) is 4.98 Å². The van der Waals surface area contributed by atoms with Gasteiger partial charge in [-0.25, -0.2) is 4.98 Å². The largest absolute Gasteiger partial charge is 0.478 e. The minimum atomic E-state index is -0.546. The first-order valence-corrected chi connectivity index (χ1v) is 2.79. The first-order chi connectivity index (χ1) is 4.79. The van der Waals surface area contributed by atoms with E-state index >= 15 is 0 Å². The average Bonchev–Trinajstić information content (AvgIpc) is 1.88. The third-order valence-corrected chi connectivity index (χ3v) is 0.876. The van der Waals surface area contributed by atoms with Gasteiger partial charge in [0.15, 0.2) is 0 Å². The van der Waals surface area contributed by atoms with Gasteiger partial charge in [0.2, 0.25) is 5.88 Å². The Morgan fingerprint density at radius 2 is 2.67 bits per heavy atom. The smallest absolute Gasteiger partial charge is 0.213 e. The minimum absolute atomic E-state index is 0.505. The Labute approximate surface area is 55.9 Å². The number of rotatable bonds is 2. The van der Waals surface area contributed by atoms with E-state index in [4.69, 9.17) is 6.11 Å². The molecule has 0 saturated heterocycles. The summed E-state index contributed by atoms with van der Waals surface area (Å²) in [5.41, 5.74) is 0. The van der Waals surface area contributed by atoms with Gasteiger partial charge in [-0.1, -0.05) is 6.07 Å². The second kappa shape index (κ2) is 3.07. The van der Waals surface area contributed by atoms with Crippen LogP contribution in [0.25, 0.3) is 0 Å². The van der Waals surface area contributed by atoms with Gasteiger partial charge >= 0.3 is 0 Å². The van der Waals surface area contributed by atoms with Crippen LogP contribution in [0.3, 0.4) is 0 Å². The molecule has 1 rings (SSSR count). The zero-order chi connectivity index (χ0) is 7.40. The standard InChI is InChI=1S/C7H9NO/c1-2-9-7-5-3-4-6-8-7/h3-6H,2H2,1H3/i2D.